The van der Waals surface area contributed by atoms with Crippen LogP contribution >= 0.6 is 22.6 Å². The van der Waals surface area contributed by atoms with E-state index in [0.717, 1.165) is 12.8 Å². The summed E-state index contributed by atoms with van der Waals surface area (Å²) in [5.74, 6) is 0.264. The Labute approximate surface area is 139 Å². The first kappa shape index (κ1) is 15.7. The number of fused-ring (bicyclic) bond motifs is 2. The van der Waals surface area contributed by atoms with Gasteiger partial charge in [0.2, 0.25) is 0 Å². The Hall–Kier alpha value is -0.200. The fourth-order valence-corrected chi connectivity index (χ4v) is 5.67. The summed E-state index contributed by atoms with van der Waals surface area (Å²) in [5.41, 5.74) is 0.296. The average molecular weight is 404 g/mol. The van der Waals surface area contributed by atoms with E-state index in [0.29, 0.717) is 22.0 Å². The molecule has 116 valence electrons. The van der Waals surface area contributed by atoms with Gasteiger partial charge in [0, 0.05) is 15.9 Å². The highest BCUT2D eigenvalue weighted by Gasteiger charge is 2.65. The van der Waals surface area contributed by atoms with Gasteiger partial charge in [0.25, 0.3) is 0 Å². The molecule has 4 atom stereocenters. The third kappa shape index (κ3) is 2.53. The normalized spacial score (nSPS) is 38.4. The lowest BCUT2D eigenvalue weighted by Gasteiger charge is -2.35. The summed E-state index contributed by atoms with van der Waals surface area (Å²) in [4.78, 5) is 0. The van der Waals surface area contributed by atoms with Crippen molar-refractivity contribution in [3.8, 4) is 0 Å². The maximum absolute atomic E-state index is 13.7. The molecule has 0 amide bonds. The topological polar surface area (TPSA) is 18.5 Å². The standard InChI is InChI=1S/C17H22FIO2/c1-11(2)17-9-15(16(3,21-17)8-14(17)19)20-10-12-6-4-5-7-13(12)18/h4-7,11,14-15H,8-10H2,1-3H3/t14-,15+,16-,17+/m1/s1. The maximum Gasteiger partial charge on any atom is 0.128 e. The summed E-state index contributed by atoms with van der Waals surface area (Å²) in [6.07, 6.45) is 1.96. The van der Waals surface area contributed by atoms with Crippen LogP contribution in [0.3, 0.4) is 0 Å². The monoisotopic (exact) mass is 404 g/mol. The molecule has 1 aromatic rings. The zero-order chi connectivity index (χ0) is 15.3. The van der Waals surface area contributed by atoms with Crippen LogP contribution in [0.2, 0.25) is 0 Å². The molecule has 2 fully saturated rings. The maximum atomic E-state index is 13.7. The van der Waals surface area contributed by atoms with Crippen molar-refractivity contribution in [3.63, 3.8) is 0 Å². The molecule has 2 aliphatic heterocycles. The van der Waals surface area contributed by atoms with E-state index in [1.54, 1.807) is 12.1 Å². The molecule has 21 heavy (non-hydrogen) atoms. The van der Waals surface area contributed by atoms with Gasteiger partial charge in [-0.1, -0.05) is 54.6 Å². The lowest BCUT2D eigenvalue weighted by molar-refractivity contribution is -0.0956. The minimum absolute atomic E-state index is 0.0468. The summed E-state index contributed by atoms with van der Waals surface area (Å²) in [7, 11) is 0. The molecule has 0 aromatic heterocycles. The van der Waals surface area contributed by atoms with Gasteiger partial charge < -0.3 is 9.47 Å². The highest BCUT2D eigenvalue weighted by molar-refractivity contribution is 14.1. The van der Waals surface area contributed by atoms with Crippen molar-refractivity contribution in [1.29, 1.82) is 0 Å². The van der Waals surface area contributed by atoms with E-state index in [2.05, 4.69) is 43.4 Å². The van der Waals surface area contributed by atoms with E-state index in [1.807, 2.05) is 6.07 Å². The van der Waals surface area contributed by atoms with Gasteiger partial charge in [0.05, 0.1) is 23.9 Å². The van der Waals surface area contributed by atoms with Gasteiger partial charge in [-0.3, -0.25) is 0 Å². The molecule has 2 heterocycles. The van der Waals surface area contributed by atoms with Gasteiger partial charge in [-0.05, 0) is 25.3 Å². The Kier molecular flexibility index (Phi) is 4.08. The molecule has 2 bridgehead atoms. The molecule has 0 N–H and O–H groups in total. The van der Waals surface area contributed by atoms with Gasteiger partial charge in [-0.2, -0.15) is 0 Å². The van der Waals surface area contributed by atoms with E-state index in [1.165, 1.54) is 6.07 Å². The Balaban J connectivity index is 1.73. The molecule has 0 radical (unpaired) electrons. The summed E-state index contributed by atoms with van der Waals surface area (Å²) in [5, 5.41) is 0. The number of benzene rings is 1. The second-order valence-corrected chi connectivity index (χ2v) is 8.29. The Morgan fingerprint density at radius 3 is 2.71 bits per heavy atom. The van der Waals surface area contributed by atoms with Crippen LogP contribution < -0.4 is 0 Å². The second kappa shape index (κ2) is 5.46. The number of rotatable bonds is 4. The van der Waals surface area contributed by atoms with Crippen molar-refractivity contribution in [2.75, 3.05) is 0 Å². The molecule has 0 aliphatic carbocycles. The highest BCUT2D eigenvalue weighted by Crippen LogP contribution is 2.57. The van der Waals surface area contributed by atoms with Gasteiger partial charge in [-0.25, -0.2) is 4.39 Å². The number of hydrogen-bond donors (Lipinski definition) is 0. The SMILES string of the molecule is CC(C)[C@@]12C[C@H](OCc3ccccc3F)[C@@](C)(C[C@H]1I)O2. The summed E-state index contributed by atoms with van der Waals surface area (Å²) < 4.78 is 26.7. The molecule has 4 heteroatoms. The molecule has 2 nitrogen and oxygen atoms in total. The quantitative estimate of drug-likeness (QED) is 0.544. The second-order valence-electron chi connectivity index (χ2n) is 6.79. The fraction of sp³-hybridized carbons (Fsp3) is 0.647. The average Bonchev–Trinajstić information content (AvgIpc) is 2.86. The molecule has 3 rings (SSSR count). The van der Waals surface area contributed by atoms with Crippen LogP contribution in [0.4, 0.5) is 4.39 Å². The van der Waals surface area contributed by atoms with Crippen molar-refractivity contribution >= 4 is 22.6 Å². The van der Waals surface area contributed by atoms with Crippen LogP contribution in [0.25, 0.3) is 0 Å². The molecule has 1 aromatic carbocycles. The van der Waals surface area contributed by atoms with Crippen molar-refractivity contribution in [1.82, 2.24) is 0 Å². The third-order valence-corrected chi connectivity index (χ3v) is 6.59. The molecular weight excluding hydrogens is 382 g/mol. The van der Waals surface area contributed by atoms with Gasteiger partial charge in [-0.15, -0.1) is 0 Å². The lowest BCUT2D eigenvalue weighted by Crippen LogP contribution is -2.44. The molecule has 2 aliphatic rings. The number of hydrogen-bond acceptors (Lipinski definition) is 2. The first-order valence-corrected chi connectivity index (χ1v) is 8.81. The van der Waals surface area contributed by atoms with Gasteiger partial charge in [0.15, 0.2) is 0 Å². The minimum Gasteiger partial charge on any atom is -0.370 e. The van der Waals surface area contributed by atoms with E-state index < -0.39 is 0 Å². The third-order valence-electron chi connectivity index (χ3n) is 5.10. The first-order chi connectivity index (χ1) is 9.87. The Bertz CT molecular complexity index is 535. The minimum atomic E-state index is -0.235. The van der Waals surface area contributed by atoms with E-state index >= 15 is 0 Å². The predicted molar refractivity (Wildman–Crippen MR) is 89.1 cm³/mol. The molecular formula is C17H22FIO2. The fourth-order valence-electron chi connectivity index (χ4n) is 3.70. The van der Waals surface area contributed by atoms with Crippen molar-refractivity contribution in [2.45, 2.75) is 61.5 Å². The smallest absolute Gasteiger partial charge is 0.128 e. The predicted octanol–water partition coefficient (Wildman–Crippen LogP) is 4.49. The Morgan fingerprint density at radius 2 is 2.10 bits per heavy atom. The molecule has 0 spiro atoms. The van der Waals surface area contributed by atoms with E-state index in [9.17, 15) is 4.39 Å². The van der Waals surface area contributed by atoms with Crippen LogP contribution in [-0.2, 0) is 16.1 Å². The van der Waals surface area contributed by atoms with E-state index in [-0.39, 0.29) is 23.1 Å². The Morgan fingerprint density at radius 1 is 1.38 bits per heavy atom. The number of halogens is 2. The van der Waals surface area contributed by atoms with Crippen molar-refractivity contribution in [2.24, 2.45) is 5.92 Å². The van der Waals surface area contributed by atoms with Crippen LogP contribution in [0, 0.1) is 11.7 Å². The first-order valence-electron chi connectivity index (χ1n) is 7.57. The van der Waals surface area contributed by atoms with Gasteiger partial charge in [0.1, 0.15) is 5.82 Å². The molecule has 0 saturated carbocycles. The number of ether oxygens (including phenoxy) is 2. The van der Waals surface area contributed by atoms with E-state index in [4.69, 9.17) is 9.47 Å². The van der Waals surface area contributed by atoms with Crippen LogP contribution in [0.5, 0.6) is 0 Å². The van der Waals surface area contributed by atoms with Crippen molar-refractivity contribution < 1.29 is 13.9 Å². The molecule has 0 unspecified atom stereocenters. The van der Waals surface area contributed by atoms with Crippen molar-refractivity contribution in [3.05, 3.63) is 35.6 Å². The lowest BCUT2D eigenvalue weighted by atomic mass is 9.75. The van der Waals surface area contributed by atoms with Gasteiger partial charge >= 0.3 is 0 Å². The summed E-state index contributed by atoms with van der Waals surface area (Å²) >= 11 is 2.52. The summed E-state index contributed by atoms with van der Waals surface area (Å²) in [6.45, 7) is 6.89. The highest BCUT2D eigenvalue weighted by atomic mass is 127. The zero-order valence-electron chi connectivity index (χ0n) is 12.7. The summed E-state index contributed by atoms with van der Waals surface area (Å²) in [6, 6.07) is 6.81. The zero-order valence-corrected chi connectivity index (χ0v) is 14.9. The largest absolute Gasteiger partial charge is 0.370 e. The number of alkyl halides is 1. The van der Waals surface area contributed by atoms with Crippen LogP contribution in [0.15, 0.2) is 24.3 Å². The van der Waals surface area contributed by atoms with Crippen LogP contribution in [-0.4, -0.2) is 21.2 Å². The molecule has 2 saturated heterocycles. The van der Waals surface area contributed by atoms with Crippen LogP contribution in [0.1, 0.15) is 39.2 Å².